The van der Waals surface area contributed by atoms with Crippen LogP contribution < -0.4 is 0 Å². The molecule has 0 atom stereocenters. The number of aromatic nitrogens is 4. The Bertz CT molecular complexity index is 5490. The first kappa shape index (κ1) is 53.8. The van der Waals surface area contributed by atoms with Crippen LogP contribution in [0, 0.1) is 0 Å². The summed E-state index contributed by atoms with van der Waals surface area (Å²) in [4.78, 5) is 21.5. The van der Waals surface area contributed by atoms with Gasteiger partial charge in [-0.15, -0.1) is 0 Å². The molecular formula is C86H54N4O2. The van der Waals surface area contributed by atoms with Crippen molar-refractivity contribution in [2.75, 3.05) is 0 Å². The summed E-state index contributed by atoms with van der Waals surface area (Å²) >= 11 is 0. The van der Waals surface area contributed by atoms with Crippen molar-refractivity contribution >= 4 is 44.1 Å². The number of para-hydroxylation sites is 1. The molecule has 6 heteroatoms. The van der Waals surface area contributed by atoms with Crippen LogP contribution in [0.4, 0.5) is 0 Å². The number of benzene rings is 13. The van der Waals surface area contributed by atoms with Gasteiger partial charge in [-0.1, -0.05) is 249 Å². The summed E-state index contributed by atoms with van der Waals surface area (Å²) in [6.45, 7) is 0. The first-order valence-electron chi connectivity index (χ1n) is 31.0. The van der Waals surface area contributed by atoms with Crippen LogP contribution in [0.5, 0.6) is 0 Å². The van der Waals surface area contributed by atoms with Gasteiger partial charge in [-0.2, -0.15) is 0 Å². The van der Waals surface area contributed by atoms with Crippen molar-refractivity contribution in [1.82, 2.24) is 19.9 Å². The average molecular weight is 1180 g/mol. The molecule has 0 amide bonds. The van der Waals surface area contributed by atoms with Gasteiger partial charge in [0.1, 0.15) is 33.6 Å². The Morgan fingerprint density at radius 3 is 0.902 bits per heavy atom. The summed E-state index contributed by atoms with van der Waals surface area (Å²) in [6, 6.07) is 115. The van der Waals surface area contributed by atoms with E-state index in [2.05, 4.69) is 303 Å². The van der Waals surface area contributed by atoms with Gasteiger partial charge in [0.15, 0.2) is 22.8 Å². The highest BCUT2D eigenvalue weighted by Gasteiger charge is 2.23. The number of rotatable bonds is 12. The monoisotopic (exact) mass is 1170 g/mol. The van der Waals surface area contributed by atoms with Crippen LogP contribution in [0.3, 0.4) is 0 Å². The van der Waals surface area contributed by atoms with E-state index in [9.17, 15) is 0 Å². The van der Waals surface area contributed by atoms with Crippen LogP contribution in [-0.2, 0) is 0 Å². The fourth-order valence-corrected chi connectivity index (χ4v) is 12.8. The van der Waals surface area contributed by atoms with E-state index in [0.29, 0.717) is 22.8 Å². The van der Waals surface area contributed by atoms with Crippen molar-refractivity contribution in [2.45, 2.75) is 0 Å². The zero-order valence-corrected chi connectivity index (χ0v) is 49.8. The molecule has 13 aromatic carbocycles. The number of fused-ring (bicyclic) bond motifs is 6. The summed E-state index contributed by atoms with van der Waals surface area (Å²) < 4.78 is 13.7. The molecule has 0 radical (unpaired) electrons. The number of furan rings is 2. The third kappa shape index (κ3) is 10.2. The van der Waals surface area contributed by atoms with Crippen LogP contribution in [0.25, 0.3) is 178 Å². The van der Waals surface area contributed by atoms with Gasteiger partial charge in [-0.25, -0.2) is 19.9 Å². The summed E-state index contributed by atoms with van der Waals surface area (Å²) in [7, 11) is 0. The fraction of sp³-hybridized carbons (Fsp3) is 0. The topological polar surface area (TPSA) is 77.8 Å². The molecule has 6 nitrogen and oxygen atoms in total. The molecule has 0 unspecified atom stereocenters. The number of hydrogen-bond acceptors (Lipinski definition) is 6. The largest absolute Gasteiger partial charge is 0.452 e. The molecule has 0 bridgehead atoms. The predicted molar refractivity (Wildman–Crippen MR) is 377 cm³/mol. The Morgan fingerprint density at radius 1 is 0.174 bits per heavy atom. The molecule has 0 aliphatic heterocycles. The lowest BCUT2D eigenvalue weighted by Crippen LogP contribution is -1.95. The summed E-state index contributed by atoms with van der Waals surface area (Å²) in [6.07, 6.45) is 0. The van der Waals surface area contributed by atoms with E-state index in [1.165, 1.54) is 0 Å². The van der Waals surface area contributed by atoms with Gasteiger partial charge in [0.05, 0.1) is 0 Å². The maximum Gasteiger partial charge on any atom is 0.180 e. The molecule has 0 saturated carbocycles. The highest BCUT2D eigenvalue weighted by molar-refractivity contribution is 6.09. The van der Waals surface area contributed by atoms with E-state index >= 15 is 0 Å². The third-order valence-electron chi connectivity index (χ3n) is 17.5. The minimum Gasteiger partial charge on any atom is -0.452 e. The second kappa shape index (κ2) is 23.0. The molecule has 430 valence electrons. The van der Waals surface area contributed by atoms with E-state index in [0.717, 1.165) is 156 Å². The molecule has 92 heavy (non-hydrogen) atoms. The van der Waals surface area contributed by atoms with Gasteiger partial charge in [0, 0.05) is 33.0 Å². The van der Waals surface area contributed by atoms with Gasteiger partial charge in [0.2, 0.25) is 0 Å². The molecule has 0 fully saturated rings. The van der Waals surface area contributed by atoms with Crippen molar-refractivity contribution in [3.8, 4) is 134 Å². The summed E-state index contributed by atoms with van der Waals surface area (Å²) in [5.41, 5.74) is 27.0. The van der Waals surface area contributed by atoms with Crippen LogP contribution in [0.2, 0.25) is 0 Å². The van der Waals surface area contributed by atoms with E-state index in [4.69, 9.17) is 28.8 Å². The fourth-order valence-electron chi connectivity index (χ4n) is 12.8. The molecule has 4 aromatic heterocycles. The van der Waals surface area contributed by atoms with Crippen molar-refractivity contribution in [3.05, 3.63) is 328 Å². The lowest BCUT2D eigenvalue weighted by Gasteiger charge is -2.12. The zero-order valence-electron chi connectivity index (χ0n) is 49.8. The van der Waals surface area contributed by atoms with Gasteiger partial charge < -0.3 is 8.83 Å². The molecule has 17 aromatic rings. The van der Waals surface area contributed by atoms with Gasteiger partial charge >= 0.3 is 0 Å². The molecular weight excluding hydrogens is 1120 g/mol. The highest BCUT2D eigenvalue weighted by atomic mass is 16.3. The Hall–Kier alpha value is -12.4. The van der Waals surface area contributed by atoms with Crippen molar-refractivity contribution in [3.63, 3.8) is 0 Å². The van der Waals surface area contributed by atoms with Crippen LogP contribution in [0.15, 0.2) is 336 Å². The third-order valence-corrected chi connectivity index (χ3v) is 17.5. The van der Waals surface area contributed by atoms with Gasteiger partial charge in [0.25, 0.3) is 0 Å². The van der Waals surface area contributed by atoms with E-state index < -0.39 is 0 Å². The van der Waals surface area contributed by atoms with Crippen LogP contribution >= 0.6 is 0 Å². The lowest BCUT2D eigenvalue weighted by atomic mass is 9.94. The quantitative estimate of drug-likeness (QED) is 0.121. The normalized spacial score (nSPS) is 11.5. The Balaban J connectivity index is 0.737. The summed E-state index contributed by atoms with van der Waals surface area (Å²) in [5, 5.41) is 1.86. The summed E-state index contributed by atoms with van der Waals surface area (Å²) in [5.74, 6) is 1.24. The second-order valence-electron chi connectivity index (χ2n) is 23.3. The molecule has 17 rings (SSSR count). The molecule has 0 aliphatic carbocycles. The van der Waals surface area contributed by atoms with Crippen LogP contribution in [0.1, 0.15) is 0 Å². The maximum absolute atomic E-state index is 7.05. The second-order valence-corrected chi connectivity index (χ2v) is 23.3. The number of nitrogens with zero attached hydrogens (tertiary/aromatic N) is 4. The minimum absolute atomic E-state index is 0.615. The van der Waals surface area contributed by atoms with Crippen LogP contribution in [-0.4, -0.2) is 19.9 Å². The SMILES string of the molecule is c1ccc(-c2ccc(-c3nc(-c4cc(-c5ccccc5)cc(-c5ccccc5)c4)c4oc5cc(-c6cccc(-c7cccc(-c8cccc(-c9nc(-c%10cc(-c%11ccccc%11)cc(-c%11ccccc%11)c%10)c%10oc%11ccccc%11c%10n9)c8)c7)c6)ccc5c4n3)cc2)cc1. The van der Waals surface area contributed by atoms with E-state index in [-0.39, 0.29) is 0 Å². The van der Waals surface area contributed by atoms with Gasteiger partial charge in [-0.05, 0) is 168 Å². The van der Waals surface area contributed by atoms with Crippen molar-refractivity contribution in [2.24, 2.45) is 0 Å². The predicted octanol–water partition coefficient (Wildman–Crippen LogP) is 23.1. The molecule has 4 heterocycles. The molecule has 0 N–H and O–H groups in total. The molecule has 0 spiro atoms. The standard InChI is InChI=1S/C86H54N4O2/c1-6-21-55(22-7-1)60-39-41-61(42-40-60)85-87-80(74-52-71(58-27-12-4-13-28-58)49-72(53-74)59-29-14-5-15-30-59)84-82(89-85)76-44-43-67(54-78(76)92-84)65-34-19-32-63(46-65)62-31-18-33-64(45-62)66-35-20-36-68(47-66)86-88-79(83-81(90-86)75-37-16-17-38-77(75)91-83)73-50-69(56-23-8-2-9-24-56)48-70(51-73)57-25-10-3-11-26-57/h1-54H. The Morgan fingerprint density at radius 2 is 0.457 bits per heavy atom. The van der Waals surface area contributed by atoms with Crippen molar-refractivity contribution in [1.29, 1.82) is 0 Å². The van der Waals surface area contributed by atoms with E-state index in [1.807, 2.05) is 24.3 Å². The first-order chi connectivity index (χ1) is 45.5. The number of hydrogen-bond donors (Lipinski definition) is 0. The van der Waals surface area contributed by atoms with E-state index in [1.54, 1.807) is 0 Å². The average Bonchev–Trinajstić information content (AvgIpc) is 1.63. The Kier molecular flexibility index (Phi) is 13.4. The lowest BCUT2D eigenvalue weighted by molar-refractivity contribution is 0.667. The molecule has 0 aliphatic rings. The minimum atomic E-state index is 0.615. The molecule has 0 saturated heterocycles. The smallest absolute Gasteiger partial charge is 0.180 e. The maximum atomic E-state index is 7.05. The zero-order chi connectivity index (χ0) is 60.9. The van der Waals surface area contributed by atoms with Gasteiger partial charge in [-0.3, -0.25) is 0 Å². The van der Waals surface area contributed by atoms with Crippen molar-refractivity contribution < 1.29 is 8.83 Å². The first-order valence-corrected chi connectivity index (χ1v) is 31.0. The Labute approximate surface area is 531 Å². The highest BCUT2D eigenvalue weighted by Crippen LogP contribution is 2.43.